The van der Waals surface area contributed by atoms with Gasteiger partial charge in [-0.1, -0.05) is 86.8 Å². The maximum absolute atomic E-state index is 12.5. The predicted molar refractivity (Wildman–Crippen MR) is 205 cm³/mol. The van der Waals surface area contributed by atoms with Gasteiger partial charge in [-0.25, -0.2) is 0 Å². The number of ketones is 1. The summed E-state index contributed by atoms with van der Waals surface area (Å²) in [5.74, 6) is 0.324. The van der Waals surface area contributed by atoms with Crippen molar-refractivity contribution in [2.24, 2.45) is 5.73 Å². The zero-order valence-corrected chi connectivity index (χ0v) is 30.3. The number of aromatic nitrogens is 2. The molecule has 1 saturated carbocycles. The Labute approximate surface area is 306 Å². The molecule has 1 fully saturated rings. The average Bonchev–Trinajstić information content (AvgIpc) is 3.89. The summed E-state index contributed by atoms with van der Waals surface area (Å²) in [7, 11) is 0. The van der Waals surface area contributed by atoms with E-state index >= 15 is 0 Å². The number of rotatable bonds is 19. The van der Waals surface area contributed by atoms with Gasteiger partial charge in [0.15, 0.2) is 18.2 Å². The van der Waals surface area contributed by atoms with Crippen molar-refractivity contribution in [2.75, 3.05) is 6.54 Å². The number of benzene rings is 3. The molecule has 6 rings (SSSR count). The number of carbonyl (C=O) groups is 1. The molecule has 0 bridgehead atoms. The van der Waals surface area contributed by atoms with Gasteiger partial charge in [-0.3, -0.25) is 10.1 Å². The van der Waals surface area contributed by atoms with Crippen LogP contribution >= 0.6 is 0 Å². The molecule has 276 valence electrons. The molecule has 0 spiro atoms. The summed E-state index contributed by atoms with van der Waals surface area (Å²) < 4.78 is 8.09. The fraction of sp³-hybridized carbons (Fsp3) is 0.419. The number of fused-ring (bicyclic) bond motifs is 1. The molecule has 1 aliphatic carbocycles. The maximum atomic E-state index is 12.5. The topological polar surface area (TPSA) is 146 Å². The number of phenols is 1. The summed E-state index contributed by atoms with van der Waals surface area (Å²) in [4.78, 5) is 16.0. The van der Waals surface area contributed by atoms with Crippen molar-refractivity contribution in [1.29, 1.82) is 0 Å². The molecule has 0 aliphatic heterocycles. The van der Waals surface area contributed by atoms with Crippen molar-refractivity contribution in [1.82, 2.24) is 14.9 Å². The number of hydrogen-bond donors (Lipinski definition) is 6. The lowest BCUT2D eigenvalue weighted by Gasteiger charge is -2.30. The lowest BCUT2D eigenvalue weighted by atomic mass is 9.73. The minimum absolute atomic E-state index is 0.0254. The number of aliphatic hydroxyl groups excluding tert-OH is 2. The Hall–Kier alpha value is -4.41. The minimum Gasteiger partial charge on any atom is -0.504 e. The zero-order chi connectivity index (χ0) is 36.5. The summed E-state index contributed by atoms with van der Waals surface area (Å²) in [5.41, 5.74) is 13.4. The van der Waals surface area contributed by atoms with Crippen LogP contribution in [0.3, 0.4) is 0 Å². The lowest BCUT2D eigenvalue weighted by molar-refractivity contribution is -0.121. The Morgan fingerprint density at radius 3 is 2.58 bits per heavy atom. The second kappa shape index (κ2) is 17.4. The van der Waals surface area contributed by atoms with Gasteiger partial charge in [0.2, 0.25) is 0 Å². The highest BCUT2D eigenvalue weighted by molar-refractivity contribution is 5.85. The average molecular weight is 707 g/mol. The van der Waals surface area contributed by atoms with Crippen LogP contribution in [0.2, 0.25) is 0 Å². The SMILES string of the molecule is CCC[C@H](O)C[C@@H](O)CC(=O)CCc1ccc(O)c(OCn2cc3[nH]cc(C4(c5cccc([C@H](N)NCCc6ccccc6)c5)CCCC4)c3c2)c1. The van der Waals surface area contributed by atoms with Crippen molar-refractivity contribution in [3.63, 3.8) is 0 Å². The minimum atomic E-state index is -0.842. The molecule has 0 saturated heterocycles. The zero-order valence-electron chi connectivity index (χ0n) is 30.3. The lowest BCUT2D eigenvalue weighted by Crippen LogP contribution is -2.31. The monoisotopic (exact) mass is 706 g/mol. The number of aliphatic hydroxyl groups is 2. The fourth-order valence-electron chi connectivity index (χ4n) is 7.86. The Bertz CT molecular complexity index is 1890. The van der Waals surface area contributed by atoms with Crippen LogP contribution in [0, 0.1) is 0 Å². The van der Waals surface area contributed by atoms with Crippen LogP contribution in [-0.2, 0) is 29.8 Å². The number of hydrogen-bond acceptors (Lipinski definition) is 7. The summed E-state index contributed by atoms with van der Waals surface area (Å²) in [5, 5.41) is 35.4. The third-order valence-electron chi connectivity index (χ3n) is 10.6. The Kier molecular flexibility index (Phi) is 12.5. The first kappa shape index (κ1) is 37.4. The molecule has 3 aromatic carbocycles. The summed E-state index contributed by atoms with van der Waals surface area (Å²) in [6.45, 7) is 2.98. The molecule has 9 heteroatoms. The third kappa shape index (κ3) is 9.14. The number of aromatic amines is 1. The van der Waals surface area contributed by atoms with Crippen LogP contribution in [0.4, 0.5) is 0 Å². The van der Waals surface area contributed by atoms with Crippen LogP contribution < -0.4 is 15.8 Å². The Morgan fingerprint density at radius 2 is 1.79 bits per heavy atom. The van der Waals surface area contributed by atoms with E-state index in [4.69, 9.17) is 10.5 Å². The largest absolute Gasteiger partial charge is 0.504 e. The van der Waals surface area contributed by atoms with Gasteiger partial charge >= 0.3 is 0 Å². The number of phenolic OH excluding ortho intramolecular Hbond substituents is 1. The van der Waals surface area contributed by atoms with E-state index in [0.29, 0.717) is 18.6 Å². The molecule has 5 aromatic rings. The molecule has 1 aliphatic rings. The Morgan fingerprint density at radius 1 is 0.981 bits per heavy atom. The summed E-state index contributed by atoms with van der Waals surface area (Å²) in [6.07, 6.45) is 12.4. The molecule has 0 radical (unpaired) electrons. The second-order valence-electron chi connectivity index (χ2n) is 14.5. The quantitative estimate of drug-likeness (QED) is 0.0500. The highest BCUT2D eigenvalue weighted by Crippen LogP contribution is 2.49. The van der Waals surface area contributed by atoms with Crippen LogP contribution in [0.5, 0.6) is 11.5 Å². The normalized spacial score (nSPS) is 15.8. The predicted octanol–water partition coefficient (Wildman–Crippen LogP) is 7.17. The van der Waals surface area contributed by atoms with Gasteiger partial charge in [-0.2, -0.15) is 0 Å². The molecule has 2 heterocycles. The molecule has 52 heavy (non-hydrogen) atoms. The molecule has 0 unspecified atom stereocenters. The number of ether oxygens (including phenoxy) is 1. The van der Waals surface area contributed by atoms with Gasteiger partial charge in [0.05, 0.1) is 23.9 Å². The third-order valence-corrected chi connectivity index (χ3v) is 10.6. The number of Topliss-reactive ketones (excluding diaryl/α,β-unsaturated/α-hetero) is 1. The van der Waals surface area contributed by atoms with E-state index in [9.17, 15) is 20.1 Å². The Balaban J connectivity index is 1.10. The van der Waals surface area contributed by atoms with Crippen molar-refractivity contribution in [2.45, 2.75) is 108 Å². The van der Waals surface area contributed by atoms with Gasteiger partial charge < -0.3 is 35.3 Å². The number of aryl methyl sites for hydroxylation is 1. The number of nitrogens with two attached hydrogens (primary N) is 1. The van der Waals surface area contributed by atoms with E-state index < -0.39 is 12.2 Å². The van der Waals surface area contributed by atoms with Gasteiger partial charge in [0.1, 0.15) is 5.78 Å². The van der Waals surface area contributed by atoms with Crippen molar-refractivity contribution in [3.05, 3.63) is 119 Å². The van der Waals surface area contributed by atoms with Crippen LogP contribution in [0.1, 0.15) is 98.7 Å². The van der Waals surface area contributed by atoms with Crippen molar-refractivity contribution < 1.29 is 24.9 Å². The fourth-order valence-corrected chi connectivity index (χ4v) is 7.86. The van der Waals surface area contributed by atoms with E-state index in [1.54, 1.807) is 18.2 Å². The van der Waals surface area contributed by atoms with Crippen LogP contribution in [-0.4, -0.2) is 49.4 Å². The van der Waals surface area contributed by atoms with Gasteiger partial charge in [0, 0.05) is 48.8 Å². The molecular formula is C43H54N4O5. The smallest absolute Gasteiger partial charge is 0.165 e. The van der Waals surface area contributed by atoms with Gasteiger partial charge in [-0.15, -0.1) is 0 Å². The highest BCUT2D eigenvalue weighted by atomic mass is 16.5. The van der Waals surface area contributed by atoms with E-state index in [0.717, 1.165) is 67.1 Å². The first-order valence-electron chi connectivity index (χ1n) is 18.9. The molecule has 2 aromatic heterocycles. The highest BCUT2D eigenvalue weighted by Gasteiger charge is 2.39. The van der Waals surface area contributed by atoms with Gasteiger partial charge in [-0.05, 0) is 78.5 Å². The van der Waals surface area contributed by atoms with Gasteiger partial charge in [0.25, 0.3) is 0 Å². The van der Waals surface area contributed by atoms with E-state index in [2.05, 4.69) is 71.2 Å². The van der Waals surface area contributed by atoms with E-state index in [-0.39, 0.29) is 49.1 Å². The molecule has 3 atom stereocenters. The van der Waals surface area contributed by atoms with E-state index in [1.807, 2.05) is 23.8 Å². The first-order chi connectivity index (χ1) is 25.2. The molecular weight excluding hydrogens is 652 g/mol. The number of nitrogens with zero attached hydrogens (tertiary/aromatic N) is 1. The van der Waals surface area contributed by atoms with Crippen molar-refractivity contribution in [3.8, 4) is 11.5 Å². The maximum Gasteiger partial charge on any atom is 0.165 e. The number of aromatic hydroxyl groups is 1. The van der Waals surface area contributed by atoms with Crippen molar-refractivity contribution >= 4 is 16.7 Å². The second-order valence-corrected chi connectivity index (χ2v) is 14.5. The standard InChI is InChI=1S/C43H54N4O5/c1-2-9-34(48)24-36(50)25-35(49)16-14-31-15-17-40(51)41(22-31)52-29-47-27-37-38(26-46-39(37)28-47)43(19-6-7-20-43)33-13-8-12-32(23-33)42(44)45-21-18-30-10-4-3-5-11-30/h3-5,8,10-13,15,17,22-23,26-28,34,36,42,45-46,48,50-51H,2,6-7,9,14,16,18-21,24-25,29,44H2,1H3/t34-,36+,42+/m0/s1. The molecule has 7 N–H and O–H groups in total. The summed E-state index contributed by atoms with van der Waals surface area (Å²) in [6, 6.07) is 24.4. The number of H-pyrrole nitrogens is 1. The number of nitrogens with one attached hydrogen (secondary N) is 2. The molecule has 0 amide bonds. The molecule has 9 nitrogen and oxygen atoms in total. The van der Waals surface area contributed by atoms with Crippen LogP contribution in [0.25, 0.3) is 10.9 Å². The van der Waals surface area contributed by atoms with Crippen LogP contribution in [0.15, 0.2) is 91.4 Å². The summed E-state index contributed by atoms with van der Waals surface area (Å²) >= 11 is 0. The number of carbonyl (C=O) groups excluding carboxylic acids is 1. The van der Waals surface area contributed by atoms with E-state index in [1.165, 1.54) is 16.7 Å². The first-order valence-corrected chi connectivity index (χ1v) is 18.9.